The number of nitrogens with zero attached hydrogens (tertiary/aromatic N) is 1. The van der Waals surface area contributed by atoms with Gasteiger partial charge in [-0.3, -0.25) is 5.11 Å². The second kappa shape index (κ2) is 3.36. The molecule has 0 N–H and O–H groups in total. The molecule has 47 valence electrons. The molecule has 0 aliphatic rings. The summed E-state index contributed by atoms with van der Waals surface area (Å²) >= 11 is 0. The van der Waals surface area contributed by atoms with Gasteiger partial charge in [0.25, 0.3) is 0 Å². The zero-order chi connectivity index (χ0) is 6.57. The van der Waals surface area contributed by atoms with Gasteiger partial charge in [-0.25, -0.2) is 0 Å². The van der Waals surface area contributed by atoms with Crippen LogP contribution in [0.1, 0.15) is 13.3 Å². The van der Waals surface area contributed by atoms with Gasteiger partial charge in [0.05, 0.1) is 5.70 Å². The van der Waals surface area contributed by atoms with Gasteiger partial charge in [0.2, 0.25) is 0 Å². The molecule has 0 atom stereocenters. The number of hydrogen-bond donors (Lipinski definition) is 0. The van der Waals surface area contributed by atoms with Crippen molar-refractivity contribution in [3.05, 3.63) is 12.0 Å². The van der Waals surface area contributed by atoms with Crippen molar-refractivity contribution in [3.63, 3.8) is 0 Å². The molecule has 2 heteroatoms. The lowest BCUT2D eigenvalue weighted by Crippen LogP contribution is -2.09. The Balaban J connectivity index is 3.72. The smallest absolute Gasteiger partial charge is 0.161 e. The highest BCUT2D eigenvalue weighted by molar-refractivity contribution is 4.91. The van der Waals surface area contributed by atoms with E-state index < -0.39 is 0 Å². The predicted molar refractivity (Wildman–Crippen MR) is 32.7 cm³/mol. The topological polar surface area (TPSA) is 23.1 Å². The second-order valence-corrected chi connectivity index (χ2v) is 1.86. The molecule has 0 rings (SSSR count). The second-order valence-electron chi connectivity index (χ2n) is 1.86. The Labute approximate surface area is 50.4 Å². The van der Waals surface area contributed by atoms with Gasteiger partial charge in [0.1, 0.15) is 0 Å². The molecule has 0 aromatic carbocycles. The van der Waals surface area contributed by atoms with Crippen LogP contribution in [0, 0.1) is 0 Å². The Morgan fingerprint density at radius 1 is 1.62 bits per heavy atom. The highest BCUT2D eigenvalue weighted by Crippen LogP contribution is 2.00. The largest absolute Gasteiger partial charge is 0.378 e. The maximum absolute atomic E-state index is 10.1. The van der Waals surface area contributed by atoms with Crippen LogP contribution in [-0.2, 0) is 5.11 Å². The van der Waals surface area contributed by atoms with Crippen LogP contribution in [0.15, 0.2) is 12.0 Å². The van der Waals surface area contributed by atoms with Gasteiger partial charge in [0.15, 0.2) is 6.26 Å². The minimum Gasteiger partial charge on any atom is -0.378 e. The van der Waals surface area contributed by atoms with Crippen LogP contribution in [-0.4, -0.2) is 19.0 Å². The van der Waals surface area contributed by atoms with Gasteiger partial charge in [0, 0.05) is 14.1 Å². The normalized spacial score (nSPS) is 11.6. The molecule has 0 aromatic rings. The van der Waals surface area contributed by atoms with Crippen molar-refractivity contribution in [2.24, 2.45) is 0 Å². The first-order valence-corrected chi connectivity index (χ1v) is 2.70. The summed E-state index contributed by atoms with van der Waals surface area (Å²) in [7, 11) is 3.74. The molecule has 0 amide bonds. The maximum atomic E-state index is 10.1. The summed E-state index contributed by atoms with van der Waals surface area (Å²) in [6.07, 6.45) is 1.70. The quantitative estimate of drug-likeness (QED) is 0.495. The first-order chi connectivity index (χ1) is 3.72. The van der Waals surface area contributed by atoms with E-state index in [1.807, 2.05) is 25.9 Å². The van der Waals surface area contributed by atoms with Gasteiger partial charge in [-0.1, -0.05) is 6.92 Å². The van der Waals surface area contributed by atoms with E-state index in [9.17, 15) is 5.11 Å². The Bertz CT molecular complexity index is 86.5. The van der Waals surface area contributed by atoms with Crippen molar-refractivity contribution in [3.8, 4) is 0 Å². The Morgan fingerprint density at radius 2 is 2.12 bits per heavy atom. The van der Waals surface area contributed by atoms with Crippen LogP contribution in [0.5, 0.6) is 0 Å². The minimum atomic E-state index is 0.816. The molecule has 0 heterocycles. The van der Waals surface area contributed by atoms with E-state index in [4.69, 9.17) is 0 Å². The molecular formula is C6H12NO. The molecular weight excluding hydrogens is 102 g/mol. The SMILES string of the molecule is CC/C(=C/[O])N(C)C. The zero-order valence-corrected chi connectivity index (χ0v) is 5.64. The third-order valence-electron chi connectivity index (χ3n) is 1.07. The molecule has 1 radical (unpaired) electrons. The summed E-state index contributed by atoms with van der Waals surface area (Å²) in [6.45, 7) is 1.96. The monoisotopic (exact) mass is 114 g/mol. The fraction of sp³-hybridized carbons (Fsp3) is 0.667. The molecule has 0 aromatic heterocycles. The van der Waals surface area contributed by atoms with Crippen LogP contribution in [0.4, 0.5) is 0 Å². The van der Waals surface area contributed by atoms with Gasteiger partial charge in [-0.15, -0.1) is 0 Å². The third-order valence-corrected chi connectivity index (χ3v) is 1.07. The van der Waals surface area contributed by atoms with E-state index in [1.54, 1.807) is 0 Å². The van der Waals surface area contributed by atoms with Crippen molar-refractivity contribution in [2.45, 2.75) is 13.3 Å². The molecule has 0 saturated heterocycles. The molecule has 0 fully saturated rings. The fourth-order valence-corrected chi connectivity index (χ4v) is 0.505. The lowest BCUT2D eigenvalue weighted by atomic mass is 10.3. The summed E-state index contributed by atoms with van der Waals surface area (Å²) < 4.78 is 0. The number of rotatable bonds is 2. The average molecular weight is 114 g/mol. The van der Waals surface area contributed by atoms with E-state index in [0.29, 0.717) is 0 Å². The van der Waals surface area contributed by atoms with Gasteiger partial charge < -0.3 is 4.90 Å². The summed E-state index contributed by atoms with van der Waals surface area (Å²) in [6, 6.07) is 0. The van der Waals surface area contributed by atoms with Crippen LogP contribution in [0.3, 0.4) is 0 Å². The Kier molecular flexibility index (Phi) is 3.08. The molecule has 0 saturated carbocycles. The minimum absolute atomic E-state index is 0.816. The Morgan fingerprint density at radius 3 is 2.12 bits per heavy atom. The first-order valence-electron chi connectivity index (χ1n) is 2.70. The van der Waals surface area contributed by atoms with Crippen molar-refractivity contribution in [1.82, 2.24) is 4.90 Å². The third kappa shape index (κ3) is 1.87. The van der Waals surface area contributed by atoms with E-state index in [-0.39, 0.29) is 0 Å². The van der Waals surface area contributed by atoms with Crippen LogP contribution in [0.25, 0.3) is 0 Å². The summed E-state index contributed by atoms with van der Waals surface area (Å²) in [4.78, 5) is 1.83. The van der Waals surface area contributed by atoms with Gasteiger partial charge >= 0.3 is 0 Å². The summed E-state index contributed by atoms with van der Waals surface area (Å²) in [5.74, 6) is 0. The average Bonchev–Trinajstić information content (AvgIpc) is 1.69. The van der Waals surface area contributed by atoms with E-state index >= 15 is 0 Å². The molecule has 8 heavy (non-hydrogen) atoms. The lowest BCUT2D eigenvalue weighted by molar-refractivity contribution is 0.324. The standard InChI is InChI=1S/C6H12NO/c1-4-6(5-8)7(2)3/h5H,4H2,1-3H3/b6-5-. The maximum Gasteiger partial charge on any atom is 0.161 e. The van der Waals surface area contributed by atoms with Crippen molar-refractivity contribution in [1.29, 1.82) is 0 Å². The van der Waals surface area contributed by atoms with Gasteiger partial charge in [-0.2, -0.15) is 0 Å². The van der Waals surface area contributed by atoms with E-state index in [2.05, 4.69) is 0 Å². The Hall–Kier alpha value is -0.660. The summed E-state index contributed by atoms with van der Waals surface area (Å²) in [5.41, 5.74) is 0.838. The van der Waals surface area contributed by atoms with Crippen molar-refractivity contribution in [2.75, 3.05) is 14.1 Å². The highest BCUT2D eigenvalue weighted by Gasteiger charge is 1.93. The molecule has 0 aliphatic carbocycles. The van der Waals surface area contributed by atoms with Crippen molar-refractivity contribution < 1.29 is 5.11 Å². The zero-order valence-electron chi connectivity index (χ0n) is 5.64. The van der Waals surface area contributed by atoms with Crippen LogP contribution in [0.2, 0.25) is 0 Å². The first kappa shape index (κ1) is 7.34. The van der Waals surface area contributed by atoms with E-state index in [0.717, 1.165) is 18.4 Å². The van der Waals surface area contributed by atoms with Crippen molar-refractivity contribution >= 4 is 0 Å². The predicted octanol–water partition coefficient (Wildman–Crippen LogP) is 1.23. The van der Waals surface area contributed by atoms with E-state index in [1.165, 1.54) is 0 Å². The number of allylic oxidation sites excluding steroid dienone is 1. The number of hydrogen-bond acceptors (Lipinski definition) is 1. The molecule has 0 spiro atoms. The highest BCUT2D eigenvalue weighted by atomic mass is 16.2. The molecule has 0 bridgehead atoms. The fourth-order valence-electron chi connectivity index (χ4n) is 0.505. The molecule has 0 aliphatic heterocycles. The molecule has 0 unspecified atom stereocenters. The van der Waals surface area contributed by atoms with Crippen LogP contribution >= 0.6 is 0 Å². The lowest BCUT2D eigenvalue weighted by Gasteiger charge is -2.11. The summed E-state index contributed by atoms with van der Waals surface area (Å²) in [5, 5.41) is 10.1. The van der Waals surface area contributed by atoms with Gasteiger partial charge in [-0.05, 0) is 6.42 Å². The molecule has 2 nitrogen and oxygen atoms in total. The van der Waals surface area contributed by atoms with Crippen LogP contribution < -0.4 is 0 Å².